The first kappa shape index (κ1) is 13.6. The van der Waals surface area contributed by atoms with Crippen molar-refractivity contribution in [3.05, 3.63) is 40.8 Å². The largest absolute Gasteiger partial charge is 0.497 e. The molecule has 0 aliphatic carbocycles. The molecule has 0 aliphatic heterocycles. The molecule has 1 aromatic carbocycles. The highest BCUT2D eigenvalue weighted by Crippen LogP contribution is 2.29. The number of hydrogen-bond donors (Lipinski definition) is 0. The van der Waals surface area contributed by atoms with Gasteiger partial charge in [0.05, 0.1) is 18.5 Å². The highest BCUT2D eigenvalue weighted by molar-refractivity contribution is 6.31. The van der Waals surface area contributed by atoms with Gasteiger partial charge in [-0.1, -0.05) is 11.6 Å². The molecule has 0 spiro atoms. The summed E-state index contributed by atoms with van der Waals surface area (Å²) < 4.78 is 5.14. The normalized spacial score (nSPS) is 10.4. The Balaban J connectivity index is 2.37. The third-order valence-electron chi connectivity index (χ3n) is 3.03. The number of benzene rings is 1. The number of ether oxygens (including phenoxy) is 1. The number of aromatic nitrogens is 2. The fourth-order valence-corrected chi connectivity index (χ4v) is 2.00. The van der Waals surface area contributed by atoms with Crippen LogP contribution in [0.5, 0.6) is 5.75 Å². The van der Waals surface area contributed by atoms with Crippen molar-refractivity contribution >= 4 is 23.1 Å². The lowest BCUT2D eigenvalue weighted by Crippen LogP contribution is -2.13. The summed E-state index contributed by atoms with van der Waals surface area (Å²) in [5.41, 5.74) is 2.69. The van der Waals surface area contributed by atoms with Crippen LogP contribution >= 0.6 is 11.6 Å². The molecule has 0 aliphatic rings. The van der Waals surface area contributed by atoms with Gasteiger partial charge in [0.2, 0.25) is 0 Å². The van der Waals surface area contributed by atoms with Gasteiger partial charge in [-0.15, -0.1) is 0 Å². The summed E-state index contributed by atoms with van der Waals surface area (Å²) >= 11 is 6.16. The average Bonchev–Trinajstić information content (AvgIpc) is 2.42. The number of rotatable bonds is 3. The highest BCUT2D eigenvalue weighted by atomic mass is 35.5. The van der Waals surface area contributed by atoms with Gasteiger partial charge in [-0.2, -0.15) is 0 Å². The van der Waals surface area contributed by atoms with E-state index in [2.05, 4.69) is 9.97 Å². The summed E-state index contributed by atoms with van der Waals surface area (Å²) in [5, 5.41) is 0.404. The van der Waals surface area contributed by atoms with Crippen LogP contribution in [0, 0.1) is 13.8 Å². The molecular formula is C14H16ClN3O. The van der Waals surface area contributed by atoms with E-state index in [9.17, 15) is 0 Å². The van der Waals surface area contributed by atoms with Gasteiger partial charge in [-0.3, -0.25) is 0 Å². The van der Waals surface area contributed by atoms with Gasteiger partial charge >= 0.3 is 0 Å². The maximum Gasteiger partial charge on any atom is 0.172 e. The van der Waals surface area contributed by atoms with Gasteiger partial charge in [0.1, 0.15) is 5.75 Å². The number of halogens is 1. The van der Waals surface area contributed by atoms with Crippen molar-refractivity contribution < 1.29 is 4.74 Å². The number of aryl methyl sites for hydroxylation is 2. The van der Waals surface area contributed by atoms with Crippen LogP contribution in [0.4, 0.5) is 11.5 Å². The topological polar surface area (TPSA) is 38.2 Å². The fourth-order valence-electron chi connectivity index (χ4n) is 1.71. The van der Waals surface area contributed by atoms with Gasteiger partial charge in [-0.05, 0) is 38.1 Å². The Morgan fingerprint density at radius 1 is 1.05 bits per heavy atom. The van der Waals surface area contributed by atoms with Gasteiger partial charge in [-0.25, -0.2) is 9.97 Å². The van der Waals surface area contributed by atoms with Crippen LogP contribution in [-0.2, 0) is 0 Å². The number of hydrogen-bond acceptors (Lipinski definition) is 4. The maximum absolute atomic E-state index is 6.16. The highest BCUT2D eigenvalue weighted by Gasteiger charge is 2.13. The van der Waals surface area contributed by atoms with Crippen LogP contribution in [0.25, 0.3) is 0 Å². The smallest absolute Gasteiger partial charge is 0.172 e. The maximum atomic E-state index is 6.16. The first-order chi connectivity index (χ1) is 9.02. The van der Waals surface area contributed by atoms with Crippen LogP contribution < -0.4 is 9.64 Å². The summed E-state index contributed by atoms with van der Waals surface area (Å²) in [4.78, 5) is 10.7. The van der Waals surface area contributed by atoms with E-state index in [1.54, 1.807) is 7.11 Å². The summed E-state index contributed by atoms with van der Waals surface area (Å²) in [7, 11) is 3.55. The zero-order valence-electron chi connectivity index (χ0n) is 11.4. The molecule has 0 unspecified atom stereocenters. The van der Waals surface area contributed by atoms with Gasteiger partial charge in [0.15, 0.2) is 11.0 Å². The SMILES string of the molecule is COc1ccc(N(C)c2nc(C)c(C)nc2Cl)cc1. The van der Waals surface area contributed by atoms with Crippen LogP contribution in [0.15, 0.2) is 24.3 Å². The number of anilines is 2. The van der Waals surface area contributed by atoms with Crippen LogP contribution in [0.3, 0.4) is 0 Å². The lowest BCUT2D eigenvalue weighted by Gasteiger charge is -2.20. The Labute approximate surface area is 118 Å². The van der Waals surface area contributed by atoms with E-state index in [1.165, 1.54) is 0 Å². The van der Waals surface area contributed by atoms with Crippen molar-refractivity contribution in [2.24, 2.45) is 0 Å². The molecule has 1 heterocycles. The second-order valence-electron chi connectivity index (χ2n) is 4.27. The zero-order valence-corrected chi connectivity index (χ0v) is 12.2. The molecule has 100 valence electrons. The first-order valence-electron chi connectivity index (χ1n) is 5.91. The molecule has 0 amide bonds. The van der Waals surface area contributed by atoms with Crippen LogP contribution in [-0.4, -0.2) is 24.1 Å². The monoisotopic (exact) mass is 277 g/mol. The molecule has 0 saturated carbocycles. The van der Waals surface area contributed by atoms with Gasteiger partial charge < -0.3 is 9.64 Å². The predicted molar refractivity (Wildman–Crippen MR) is 77.6 cm³/mol. The van der Waals surface area contributed by atoms with Crippen molar-refractivity contribution in [3.8, 4) is 5.75 Å². The summed E-state index contributed by atoms with van der Waals surface area (Å²) in [5.74, 6) is 1.46. The van der Waals surface area contributed by atoms with Crippen molar-refractivity contribution in [2.75, 3.05) is 19.1 Å². The summed E-state index contributed by atoms with van der Waals surface area (Å²) in [6, 6.07) is 7.69. The minimum Gasteiger partial charge on any atom is -0.497 e. The number of methoxy groups -OCH3 is 1. The molecular weight excluding hydrogens is 262 g/mol. The van der Waals surface area contributed by atoms with E-state index in [4.69, 9.17) is 16.3 Å². The lowest BCUT2D eigenvalue weighted by atomic mass is 10.3. The van der Waals surface area contributed by atoms with E-state index < -0.39 is 0 Å². The molecule has 0 bridgehead atoms. The standard InChI is InChI=1S/C14H16ClN3O/c1-9-10(2)17-14(13(15)16-9)18(3)11-5-7-12(19-4)8-6-11/h5-8H,1-4H3. The third kappa shape index (κ3) is 2.79. The zero-order chi connectivity index (χ0) is 14.0. The molecule has 0 fully saturated rings. The van der Waals surface area contributed by atoms with Gasteiger partial charge in [0.25, 0.3) is 0 Å². The second-order valence-corrected chi connectivity index (χ2v) is 4.62. The minimum absolute atomic E-state index is 0.404. The molecule has 0 saturated heterocycles. The van der Waals surface area contributed by atoms with Crippen molar-refractivity contribution in [3.63, 3.8) is 0 Å². The number of nitrogens with zero attached hydrogens (tertiary/aromatic N) is 3. The second kappa shape index (κ2) is 5.45. The molecule has 0 N–H and O–H groups in total. The predicted octanol–water partition coefficient (Wildman–Crippen LogP) is 3.52. The van der Waals surface area contributed by atoms with E-state index in [-0.39, 0.29) is 0 Å². The Hall–Kier alpha value is -1.81. The molecule has 5 heteroatoms. The fraction of sp³-hybridized carbons (Fsp3) is 0.286. The lowest BCUT2D eigenvalue weighted by molar-refractivity contribution is 0.415. The van der Waals surface area contributed by atoms with Crippen molar-refractivity contribution in [1.29, 1.82) is 0 Å². The molecule has 2 aromatic rings. The van der Waals surface area contributed by atoms with E-state index in [0.717, 1.165) is 22.8 Å². The van der Waals surface area contributed by atoms with E-state index in [0.29, 0.717) is 11.0 Å². The summed E-state index contributed by atoms with van der Waals surface area (Å²) in [6.45, 7) is 3.81. The Kier molecular flexibility index (Phi) is 3.90. The van der Waals surface area contributed by atoms with E-state index in [1.807, 2.05) is 50.1 Å². The average molecular weight is 278 g/mol. The molecule has 0 atom stereocenters. The molecule has 19 heavy (non-hydrogen) atoms. The molecule has 1 aromatic heterocycles. The van der Waals surface area contributed by atoms with E-state index >= 15 is 0 Å². The quantitative estimate of drug-likeness (QED) is 0.860. The minimum atomic E-state index is 0.404. The Morgan fingerprint density at radius 2 is 1.63 bits per heavy atom. The third-order valence-corrected chi connectivity index (χ3v) is 3.28. The van der Waals surface area contributed by atoms with Crippen molar-refractivity contribution in [1.82, 2.24) is 9.97 Å². The molecule has 2 rings (SSSR count). The van der Waals surface area contributed by atoms with Crippen molar-refractivity contribution in [2.45, 2.75) is 13.8 Å². The van der Waals surface area contributed by atoms with Gasteiger partial charge in [0, 0.05) is 12.7 Å². The summed E-state index contributed by atoms with van der Waals surface area (Å²) in [6.07, 6.45) is 0. The van der Waals surface area contributed by atoms with Crippen LogP contribution in [0.1, 0.15) is 11.4 Å². The Bertz CT molecular complexity index is 584. The van der Waals surface area contributed by atoms with Crippen LogP contribution in [0.2, 0.25) is 5.15 Å². The Morgan fingerprint density at radius 3 is 2.21 bits per heavy atom. The molecule has 4 nitrogen and oxygen atoms in total. The first-order valence-corrected chi connectivity index (χ1v) is 6.29. The molecule has 0 radical (unpaired) electrons.